The third kappa shape index (κ3) is 3.85. The molecule has 0 aromatic heterocycles. The quantitative estimate of drug-likeness (QED) is 0.831. The van der Waals surface area contributed by atoms with E-state index in [1.807, 2.05) is 0 Å². The highest BCUT2D eigenvalue weighted by Crippen LogP contribution is 2.22. The maximum absolute atomic E-state index is 12.7. The minimum absolute atomic E-state index is 0.155. The molecule has 0 aliphatic carbocycles. The van der Waals surface area contributed by atoms with Crippen LogP contribution >= 0.6 is 11.6 Å². The van der Waals surface area contributed by atoms with Gasteiger partial charge in [0.15, 0.2) is 0 Å². The summed E-state index contributed by atoms with van der Waals surface area (Å²) in [4.78, 5) is 11.3. The average Bonchev–Trinajstić information content (AvgIpc) is 2.19. The lowest BCUT2D eigenvalue weighted by atomic mass is 10.3. The third-order valence-corrected chi connectivity index (χ3v) is 2.12. The van der Waals surface area contributed by atoms with E-state index in [9.17, 15) is 9.18 Å². The number of halogens is 2. The van der Waals surface area contributed by atoms with Crippen LogP contribution in [0.2, 0.25) is 5.02 Å². The van der Waals surface area contributed by atoms with Crippen LogP contribution in [-0.2, 0) is 4.79 Å². The molecule has 0 saturated heterocycles. The molecule has 1 rings (SSSR count). The second kappa shape index (κ2) is 5.68. The van der Waals surface area contributed by atoms with Gasteiger partial charge in [0.25, 0.3) is 0 Å². The van der Waals surface area contributed by atoms with Crippen molar-refractivity contribution in [3.8, 4) is 0 Å². The van der Waals surface area contributed by atoms with E-state index in [4.69, 9.17) is 11.6 Å². The van der Waals surface area contributed by atoms with E-state index in [-0.39, 0.29) is 10.9 Å². The van der Waals surface area contributed by atoms with Gasteiger partial charge in [0.1, 0.15) is 5.82 Å². The van der Waals surface area contributed by atoms with E-state index in [1.165, 1.54) is 12.1 Å². The molecule has 0 fully saturated rings. The molecule has 0 spiro atoms. The van der Waals surface area contributed by atoms with Gasteiger partial charge in [-0.2, -0.15) is 0 Å². The molecule has 0 aliphatic heterocycles. The molecule has 15 heavy (non-hydrogen) atoms. The molecule has 0 radical (unpaired) electrons. The lowest BCUT2D eigenvalue weighted by molar-refractivity contribution is -0.116. The van der Waals surface area contributed by atoms with Crippen LogP contribution in [0.4, 0.5) is 10.1 Å². The van der Waals surface area contributed by atoms with Gasteiger partial charge in [-0.05, 0) is 25.2 Å². The largest absolute Gasteiger partial charge is 0.325 e. The molecule has 82 valence electrons. The molecule has 1 aromatic carbocycles. The maximum Gasteiger partial charge on any atom is 0.225 e. The van der Waals surface area contributed by atoms with Gasteiger partial charge in [-0.25, -0.2) is 4.39 Å². The van der Waals surface area contributed by atoms with E-state index in [0.29, 0.717) is 18.7 Å². The molecule has 0 aliphatic rings. The fourth-order valence-corrected chi connectivity index (χ4v) is 1.26. The summed E-state index contributed by atoms with van der Waals surface area (Å²) in [5.74, 6) is -0.578. The predicted octanol–water partition coefficient (Wildman–Crippen LogP) is 2.03. The van der Waals surface area contributed by atoms with Gasteiger partial charge in [-0.15, -0.1) is 0 Å². The van der Waals surface area contributed by atoms with Gasteiger partial charge >= 0.3 is 0 Å². The zero-order valence-corrected chi connectivity index (χ0v) is 9.07. The topological polar surface area (TPSA) is 41.1 Å². The second-order valence-corrected chi connectivity index (χ2v) is 3.43. The first-order valence-electron chi connectivity index (χ1n) is 4.53. The number of nitrogens with one attached hydrogen (secondary N) is 2. The minimum atomic E-state index is -0.423. The first-order valence-corrected chi connectivity index (χ1v) is 4.91. The summed E-state index contributed by atoms with van der Waals surface area (Å²) in [6.45, 7) is 0.588. The van der Waals surface area contributed by atoms with Crippen LogP contribution in [0.5, 0.6) is 0 Å². The number of hydrogen-bond donors (Lipinski definition) is 2. The van der Waals surface area contributed by atoms with Gasteiger partial charge in [0, 0.05) is 13.0 Å². The Bertz CT molecular complexity index is 357. The van der Waals surface area contributed by atoms with Crippen LogP contribution in [0.1, 0.15) is 6.42 Å². The highest BCUT2D eigenvalue weighted by molar-refractivity contribution is 6.33. The van der Waals surface area contributed by atoms with Crippen molar-refractivity contribution in [2.45, 2.75) is 6.42 Å². The van der Waals surface area contributed by atoms with Crippen molar-refractivity contribution in [2.75, 3.05) is 18.9 Å². The zero-order chi connectivity index (χ0) is 11.3. The van der Waals surface area contributed by atoms with E-state index >= 15 is 0 Å². The molecule has 0 saturated carbocycles. The van der Waals surface area contributed by atoms with Crippen LogP contribution in [-0.4, -0.2) is 19.5 Å². The van der Waals surface area contributed by atoms with Crippen molar-refractivity contribution in [2.24, 2.45) is 0 Å². The van der Waals surface area contributed by atoms with Crippen molar-refractivity contribution in [1.82, 2.24) is 5.32 Å². The normalized spacial score (nSPS) is 10.1. The Morgan fingerprint density at radius 3 is 2.87 bits per heavy atom. The Hall–Kier alpha value is -1.13. The van der Waals surface area contributed by atoms with Crippen LogP contribution in [0.25, 0.3) is 0 Å². The summed E-state index contributed by atoms with van der Waals surface area (Å²) >= 11 is 5.74. The summed E-state index contributed by atoms with van der Waals surface area (Å²) in [7, 11) is 1.76. The van der Waals surface area contributed by atoms with E-state index in [0.717, 1.165) is 6.07 Å². The van der Waals surface area contributed by atoms with Gasteiger partial charge in [-0.3, -0.25) is 4.79 Å². The van der Waals surface area contributed by atoms with Crippen molar-refractivity contribution < 1.29 is 9.18 Å². The van der Waals surface area contributed by atoms with Crippen LogP contribution in [0.3, 0.4) is 0 Å². The van der Waals surface area contributed by atoms with E-state index in [1.54, 1.807) is 7.05 Å². The molecule has 0 atom stereocenters. The molecule has 1 aromatic rings. The summed E-state index contributed by atoms with van der Waals surface area (Å²) in [5.41, 5.74) is 0.430. The molecule has 0 heterocycles. The fourth-order valence-electron chi connectivity index (χ4n) is 1.04. The lowest BCUT2D eigenvalue weighted by Crippen LogP contribution is -2.18. The first-order chi connectivity index (χ1) is 7.13. The van der Waals surface area contributed by atoms with Gasteiger partial charge in [-0.1, -0.05) is 11.6 Å². The SMILES string of the molecule is CNCCC(=O)Nc1ccc(F)cc1Cl. The summed E-state index contributed by atoms with van der Waals surface area (Å²) in [5, 5.41) is 5.65. The molecule has 1 amide bonds. The molecule has 0 bridgehead atoms. The number of hydrogen-bond acceptors (Lipinski definition) is 2. The second-order valence-electron chi connectivity index (χ2n) is 3.03. The van der Waals surface area contributed by atoms with Crippen molar-refractivity contribution >= 4 is 23.2 Å². The third-order valence-electron chi connectivity index (χ3n) is 1.81. The monoisotopic (exact) mass is 230 g/mol. The molecule has 5 heteroatoms. The van der Waals surface area contributed by atoms with E-state index < -0.39 is 5.82 Å². The standard InChI is InChI=1S/C10H12ClFN2O/c1-13-5-4-10(15)14-9-3-2-7(12)6-8(9)11/h2-3,6,13H,4-5H2,1H3,(H,14,15). The molecular weight excluding hydrogens is 219 g/mol. The Kier molecular flexibility index (Phi) is 4.52. The van der Waals surface area contributed by atoms with Crippen molar-refractivity contribution in [3.63, 3.8) is 0 Å². The average molecular weight is 231 g/mol. The number of anilines is 1. The smallest absolute Gasteiger partial charge is 0.225 e. The number of carbonyl (C=O) groups excluding carboxylic acids is 1. The summed E-state index contributed by atoms with van der Waals surface area (Å²) in [6.07, 6.45) is 0.351. The lowest BCUT2D eigenvalue weighted by Gasteiger charge is -2.06. The number of benzene rings is 1. The first kappa shape index (κ1) is 11.9. The van der Waals surface area contributed by atoms with Crippen LogP contribution in [0.15, 0.2) is 18.2 Å². The fraction of sp³-hybridized carbons (Fsp3) is 0.300. The highest BCUT2D eigenvalue weighted by Gasteiger charge is 2.05. The molecule has 3 nitrogen and oxygen atoms in total. The maximum atomic E-state index is 12.7. The minimum Gasteiger partial charge on any atom is -0.325 e. The molecular formula is C10H12ClFN2O. The summed E-state index contributed by atoms with van der Waals surface area (Å²) in [6, 6.07) is 3.85. The molecule has 0 unspecified atom stereocenters. The Balaban J connectivity index is 2.60. The van der Waals surface area contributed by atoms with Crippen molar-refractivity contribution in [1.29, 1.82) is 0 Å². The van der Waals surface area contributed by atoms with Gasteiger partial charge in [0.05, 0.1) is 10.7 Å². The van der Waals surface area contributed by atoms with Gasteiger partial charge in [0.2, 0.25) is 5.91 Å². The van der Waals surface area contributed by atoms with Crippen molar-refractivity contribution in [3.05, 3.63) is 29.0 Å². The Morgan fingerprint density at radius 2 is 2.27 bits per heavy atom. The Labute approximate surface area is 92.6 Å². The van der Waals surface area contributed by atoms with Crippen LogP contribution in [0, 0.1) is 5.82 Å². The van der Waals surface area contributed by atoms with E-state index in [2.05, 4.69) is 10.6 Å². The number of rotatable bonds is 4. The molecule has 2 N–H and O–H groups in total. The van der Waals surface area contributed by atoms with Gasteiger partial charge < -0.3 is 10.6 Å². The Morgan fingerprint density at radius 1 is 1.53 bits per heavy atom. The summed E-state index contributed by atoms with van der Waals surface area (Å²) < 4.78 is 12.7. The van der Waals surface area contributed by atoms with Crippen LogP contribution < -0.4 is 10.6 Å². The highest BCUT2D eigenvalue weighted by atomic mass is 35.5. The number of amides is 1. The zero-order valence-electron chi connectivity index (χ0n) is 8.31. The predicted molar refractivity (Wildman–Crippen MR) is 58.6 cm³/mol. The number of carbonyl (C=O) groups is 1.